The first kappa shape index (κ1) is 15.6. The van der Waals surface area contributed by atoms with Crippen molar-refractivity contribution in [2.24, 2.45) is 0 Å². The monoisotopic (exact) mass is 295 g/mol. The molecule has 0 radical (unpaired) electrons. The van der Waals surface area contributed by atoms with Crippen LogP contribution in [0.5, 0.6) is 0 Å². The van der Waals surface area contributed by atoms with Gasteiger partial charge in [0.15, 0.2) is 17.7 Å². The van der Waals surface area contributed by atoms with E-state index in [1.54, 1.807) is 11.5 Å². The van der Waals surface area contributed by atoms with Crippen LogP contribution in [0.25, 0.3) is 11.2 Å². The smallest absolute Gasteiger partial charge is 0.167 e. The second-order valence-corrected chi connectivity index (χ2v) is 5.00. The molecule has 0 saturated carbocycles. The molecule has 2 aromatic rings. The number of aromatic nitrogens is 4. The third kappa shape index (κ3) is 2.82. The summed E-state index contributed by atoms with van der Waals surface area (Å²) in [6.45, 7) is 5.94. The van der Waals surface area contributed by atoms with Crippen LogP contribution in [0.4, 0.5) is 5.82 Å². The number of rotatable bonds is 1. The summed E-state index contributed by atoms with van der Waals surface area (Å²) in [7, 11) is 0. The topological polar surface area (TPSA) is 119 Å². The van der Waals surface area contributed by atoms with Crippen LogP contribution in [0, 0.1) is 0 Å². The molecule has 1 saturated heterocycles. The van der Waals surface area contributed by atoms with Crippen molar-refractivity contribution in [2.75, 3.05) is 5.73 Å². The first-order valence-corrected chi connectivity index (χ1v) is 6.95. The number of nitrogens with zero attached hydrogens (tertiary/aromatic N) is 4. The van der Waals surface area contributed by atoms with Crippen molar-refractivity contribution in [3.8, 4) is 0 Å². The molecule has 1 aliphatic rings. The van der Waals surface area contributed by atoms with E-state index in [2.05, 4.69) is 28.8 Å². The molecule has 1 fully saturated rings. The van der Waals surface area contributed by atoms with Gasteiger partial charge < -0.3 is 20.7 Å². The maximum Gasteiger partial charge on any atom is 0.167 e. The summed E-state index contributed by atoms with van der Waals surface area (Å²) in [6.07, 6.45) is 0.877. The molecule has 0 aromatic carbocycles. The summed E-state index contributed by atoms with van der Waals surface area (Å²) in [5, 5.41) is 19.6. The summed E-state index contributed by atoms with van der Waals surface area (Å²) in [4.78, 5) is 12.0. The number of aliphatic hydroxyl groups excluding tert-OH is 2. The Hall–Kier alpha value is -1.77. The van der Waals surface area contributed by atoms with Gasteiger partial charge in [0, 0.05) is 0 Å². The fourth-order valence-electron chi connectivity index (χ4n) is 2.11. The second kappa shape index (κ2) is 6.33. The Morgan fingerprint density at radius 2 is 1.90 bits per heavy atom. The van der Waals surface area contributed by atoms with Crippen LogP contribution >= 0.6 is 0 Å². The lowest BCUT2D eigenvalue weighted by atomic mass is 10.1. The van der Waals surface area contributed by atoms with Gasteiger partial charge in [0.25, 0.3) is 0 Å². The average molecular weight is 295 g/mol. The zero-order valence-corrected chi connectivity index (χ0v) is 12.3. The Morgan fingerprint density at radius 1 is 1.24 bits per heavy atom. The van der Waals surface area contributed by atoms with E-state index in [1.807, 2.05) is 0 Å². The second-order valence-electron chi connectivity index (χ2n) is 5.00. The normalized spacial score (nSPS) is 28.4. The molecular formula is C13H21N5O3. The standard InChI is InChI=1S/C10H13N5O3.C3H8/c1-4-6(16)7(17)10(18-4)15-3-14-5-8(11)12-2-13-9(5)15;1-3-2/h2-4,6-7,10,16-17H,1H3,(H2,11,12,13);3H2,1-2H3/t4-,6-,7-,10-;/m1./s1. The van der Waals surface area contributed by atoms with E-state index in [9.17, 15) is 10.2 Å². The van der Waals surface area contributed by atoms with Gasteiger partial charge in [-0.05, 0) is 6.92 Å². The molecule has 21 heavy (non-hydrogen) atoms. The number of hydrogen-bond acceptors (Lipinski definition) is 7. The number of nitrogens with two attached hydrogens (primary N) is 1. The van der Waals surface area contributed by atoms with Crippen LogP contribution in [0.1, 0.15) is 33.4 Å². The van der Waals surface area contributed by atoms with E-state index >= 15 is 0 Å². The summed E-state index contributed by atoms with van der Waals surface area (Å²) >= 11 is 0. The third-order valence-corrected chi connectivity index (χ3v) is 3.14. The molecule has 4 N–H and O–H groups in total. The molecule has 2 aromatic heterocycles. The molecule has 0 amide bonds. The number of anilines is 1. The third-order valence-electron chi connectivity index (χ3n) is 3.14. The molecule has 0 bridgehead atoms. The predicted octanol–water partition coefficient (Wildman–Crippen LogP) is 0.464. The van der Waals surface area contributed by atoms with Crippen LogP contribution in [-0.4, -0.2) is 48.0 Å². The lowest BCUT2D eigenvalue weighted by Crippen LogP contribution is -2.30. The zero-order valence-electron chi connectivity index (χ0n) is 12.3. The van der Waals surface area contributed by atoms with E-state index in [0.717, 1.165) is 0 Å². The minimum Gasteiger partial charge on any atom is -0.388 e. The Labute approximate surface area is 122 Å². The highest BCUT2D eigenvalue weighted by Crippen LogP contribution is 2.31. The molecule has 0 aliphatic carbocycles. The lowest BCUT2D eigenvalue weighted by molar-refractivity contribution is -0.0299. The minimum atomic E-state index is -1.03. The van der Waals surface area contributed by atoms with Crippen LogP contribution in [-0.2, 0) is 4.74 Å². The van der Waals surface area contributed by atoms with Crippen molar-refractivity contribution in [3.05, 3.63) is 12.7 Å². The fraction of sp³-hybridized carbons (Fsp3) is 0.615. The van der Waals surface area contributed by atoms with E-state index in [4.69, 9.17) is 10.5 Å². The zero-order chi connectivity index (χ0) is 15.6. The average Bonchev–Trinajstić information content (AvgIpc) is 2.98. The van der Waals surface area contributed by atoms with E-state index < -0.39 is 24.5 Å². The molecule has 0 spiro atoms. The SMILES string of the molecule is CCC.C[C@H]1O[C@@H](n2cnc3c(N)ncnc32)[C@H](O)[C@@H]1O. The van der Waals surface area contributed by atoms with Crippen molar-refractivity contribution in [2.45, 2.75) is 51.7 Å². The summed E-state index contributed by atoms with van der Waals surface area (Å²) in [5.41, 5.74) is 6.59. The van der Waals surface area contributed by atoms with Crippen LogP contribution in [0.3, 0.4) is 0 Å². The van der Waals surface area contributed by atoms with Crippen LogP contribution in [0.2, 0.25) is 0 Å². The summed E-state index contributed by atoms with van der Waals surface area (Å²) < 4.78 is 7.05. The van der Waals surface area contributed by atoms with E-state index in [0.29, 0.717) is 11.2 Å². The Kier molecular flexibility index (Phi) is 4.71. The van der Waals surface area contributed by atoms with E-state index in [1.165, 1.54) is 19.1 Å². The van der Waals surface area contributed by atoms with Gasteiger partial charge in [-0.1, -0.05) is 20.3 Å². The molecule has 8 nitrogen and oxygen atoms in total. The largest absolute Gasteiger partial charge is 0.388 e. The number of aliphatic hydroxyl groups is 2. The molecule has 4 atom stereocenters. The van der Waals surface area contributed by atoms with E-state index in [-0.39, 0.29) is 5.82 Å². The number of fused-ring (bicyclic) bond motifs is 1. The quantitative estimate of drug-likeness (QED) is 0.699. The Balaban J connectivity index is 0.000000497. The van der Waals surface area contributed by atoms with Gasteiger partial charge in [-0.15, -0.1) is 0 Å². The molecule has 1 aliphatic heterocycles. The van der Waals surface area contributed by atoms with Gasteiger partial charge in [-0.25, -0.2) is 15.0 Å². The van der Waals surface area contributed by atoms with Crippen molar-refractivity contribution in [1.82, 2.24) is 19.5 Å². The van der Waals surface area contributed by atoms with Gasteiger partial charge in [-0.2, -0.15) is 0 Å². The lowest BCUT2D eigenvalue weighted by Gasteiger charge is -2.16. The van der Waals surface area contributed by atoms with Crippen LogP contribution in [0.15, 0.2) is 12.7 Å². The number of ether oxygens (including phenoxy) is 1. The molecule has 3 heterocycles. The van der Waals surface area contributed by atoms with Gasteiger partial charge in [0.05, 0.1) is 12.4 Å². The maximum absolute atomic E-state index is 9.93. The van der Waals surface area contributed by atoms with Crippen LogP contribution < -0.4 is 5.73 Å². The minimum absolute atomic E-state index is 0.264. The number of nitrogen functional groups attached to an aromatic ring is 1. The van der Waals surface area contributed by atoms with Gasteiger partial charge in [0.1, 0.15) is 24.1 Å². The van der Waals surface area contributed by atoms with Crippen molar-refractivity contribution >= 4 is 17.0 Å². The summed E-state index contributed by atoms with van der Waals surface area (Å²) in [6, 6.07) is 0. The molecule has 0 unspecified atom stereocenters. The highest BCUT2D eigenvalue weighted by molar-refractivity contribution is 5.81. The Bertz CT molecular complexity index is 603. The number of hydrogen-bond donors (Lipinski definition) is 3. The molecule has 3 rings (SSSR count). The van der Waals surface area contributed by atoms with Gasteiger partial charge in [-0.3, -0.25) is 4.57 Å². The predicted molar refractivity (Wildman–Crippen MR) is 77.3 cm³/mol. The maximum atomic E-state index is 9.93. The fourth-order valence-corrected chi connectivity index (χ4v) is 2.11. The van der Waals surface area contributed by atoms with Gasteiger partial charge >= 0.3 is 0 Å². The van der Waals surface area contributed by atoms with Gasteiger partial charge in [0.2, 0.25) is 0 Å². The van der Waals surface area contributed by atoms with Crippen molar-refractivity contribution in [1.29, 1.82) is 0 Å². The highest BCUT2D eigenvalue weighted by Gasteiger charge is 2.41. The highest BCUT2D eigenvalue weighted by atomic mass is 16.6. The number of imidazole rings is 1. The van der Waals surface area contributed by atoms with Crippen molar-refractivity contribution < 1.29 is 14.9 Å². The summed E-state index contributed by atoms with van der Waals surface area (Å²) in [5.74, 6) is 0.264. The first-order chi connectivity index (χ1) is 10.0. The molecular weight excluding hydrogens is 274 g/mol. The first-order valence-electron chi connectivity index (χ1n) is 6.95. The molecule has 116 valence electrons. The van der Waals surface area contributed by atoms with Crippen molar-refractivity contribution in [3.63, 3.8) is 0 Å². The Morgan fingerprint density at radius 3 is 2.48 bits per heavy atom. The molecule has 8 heteroatoms.